The number of halogens is 1. The van der Waals surface area contributed by atoms with Gasteiger partial charge in [0.1, 0.15) is 5.82 Å². The summed E-state index contributed by atoms with van der Waals surface area (Å²) in [7, 11) is 0. The van der Waals surface area contributed by atoms with Crippen LogP contribution >= 0.6 is 0 Å². The minimum atomic E-state index is -0.223. The van der Waals surface area contributed by atoms with Gasteiger partial charge in [-0.05, 0) is 18.6 Å². The Kier molecular flexibility index (Phi) is 4.08. The van der Waals surface area contributed by atoms with E-state index < -0.39 is 0 Å². The van der Waals surface area contributed by atoms with Gasteiger partial charge in [0.15, 0.2) is 0 Å². The Morgan fingerprint density at radius 1 is 1.36 bits per heavy atom. The van der Waals surface area contributed by atoms with E-state index in [2.05, 4.69) is 0 Å². The van der Waals surface area contributed by atoms with E-state index >= 15 is 0 Å². The third kappa shape index (κ3) is 3.15. The summed E-state index contributed by atoms with van der Waals surface area (Å²) < 4.78 is 13.2. The zero-order chi connectivity index (χ0) is 10.4. The van der Waals surface area contributed by atoms with Gasteiger partial charge in [-0.1, -0.05) is 36.4 Å². The van der Waals surface area contributed by atoms with Crippen LogP contribution in [0.15, 0.2) is 36.4 Å². The van der Waals surface area contributed by atoms with Crippen molar-refractivity contribution in [3.63, 3.8) is 0 Å². The maximum absolute atomic E-state index is 13.2. The lowest BCUT2D eigenvalue weighted by molar-refractivity contribution is 0.343. The van der Waals surface area contributed by atoms with Crippen LogP contribution in [0.4, 0.5) is 4.39 Å². The maximum atomic E-state index is 13.2. The number of hydrogen-bond donors (Lipinski definition) is 1. The third-order valence-electron chi connectivity index (χ3n) is 1.78. The first-order valence-corrected chi connectivity index (χ1v) is 4.44. The lowest BCUT2D eigenvalue weighted by atomic mass is 10.1. The van der Waals surface area contributed by atoms with Crippen LogP contribution in [0.25, 0.3) is 6.08 Å². The van der Waals surface area contributed by atoms with Crippen molar-refractivity contribution in [1.29, 1.82) is 0 Å². The Hall–Kier alpha value is -1.41. The number of hydrogen-bond acceptors (Lipinski definition) is 1. The van der Waals surface area contributed by atoms with Crippen LogP contribution < -0.4 is 0 Å². The number of benzene rings is 1. The predicted octanol–water partition coefficient (Wildman–Crippen LogP) is 2.70. The van der Waals surface area contributed by atoms with Crippen LogP contribution in [0.5, 0.6) is 0 Å². The first kappa shape index (κ1) is 10.7. The first-order valence-electron chi connectivity index (χ1n) is 4.44. The standard InChI is InChI=1S/C12H13FO/c1-10-6-7-11(12(13)9-10)5-3-2-4-8-14/h2-7,9,14H,8H2,1H3/b4-2+,5-3+. The van der Waals surface area contributed by atoms with Crippen molar-refractivity contribution in [3.8, 4) is 0 Å². The molecule has 0 aliphatic rings. The molecule has 0 atom stereocenters. The smallest absolute Gasteiger partial charge is 0.130 e. The monoisotopic (exact) mass is 192 g/mol. The zero-order valence-corrected chi connectivity index (χ0v) is 8.07. The lowest BCUT2D eigenvalue weighted by Gasteiger charge is -1.97. The zero-order valence-electron chi connectivity index (χ0n) is 8.07. The van der Waals surface area contributed by atoms with Gasteiger partial charge in [0.25, 0.3) is 0 Å². The summed E-state index contributed by atoms with van der Waals surface area (Å²) in [6, 6.07) is 5.09. The molecule has 14 heavy (non-hydrogen) atoms. The van der Waals surface area contributed by atoms with Gasteiger partial charge in [0.05, 0.1) is 6.61 Å². The highest BCUT2D eigenvalue weighted by Gasteiger charge is 1.96. The van der Waals surface area contributed by atoms with Crippen LogP contribution in [-0.4, -0.2) is 11.7 Å². The molecule has 1 N–H and O–H groups in total. The van der Waals surface area contributed by atoms with Gasteiger partial charge in [-0.3, -0.25) is 0 Å². The normalized spacial score (nSPS) is 11.6. The Bertz CT molecular complexity index is 353. The molecule has 0 aromatic heterocycles. The van der Waals surface area contributed by atoms with Crippen molar-refractivity contribution in [3.05, 3.63) is 53.4 Å². The van der Waals surface area contributed by atoms with Crippen LogP contribution in [0.1, 0.15) is 11.1 Å². The van der Waals surface area contributed by atoms with Gasteiger partial charge in [0.2, 0.25) is 0 Å². The fraction of sp³-hybridized carbons (Fsp3) is 0.167. The highest BCUT2D eigenvalue weighted by atomic mass is 19.1. The van der Waals surface area contributed by atoms with Gasteiger partial charge in [-0.15, -0.1) is 0 Å². The summed E-state index contributed by atoms with van der Waals surface area (Å²) in [4.78, 5) is 0. The minimum absolute atomic E-state index is 0.000714. The molecule has 1 aromatic rings. The molecule has 1 aromatic carbocycles. The molecule has 2 heteroatoms. The van der Waals surface area contributed by atoms with E-state index in [-0.39, 0.29) is 12.4 Å². The summed E-state index contributed by atoms with van der Waals surface area (Å²) in [6.45, 7) is 1.85. The number of aryl methyl sites for hydroxylation is 1. The van der Waals surface area contributed by atoms with Gasteiger partial charge < -0.3 is 5.11 Å². The Labute approximate surface area is 83.2 Å². The fourth-order valence-electron chi connectivity index (χ4n) is 1.07. The average Bonchev–Trinajstić information content (AvgIpc) is 2.15. The van der Waals surface area contributed by atoms with Crippen molar-refractivity contribution in [2.24, 2.45) is 0 Å². The molecule has 0 bridgehead atoms. The van der Waals surface area contributed by atoms with E-state index in [0.29, 0.717) is 5.56 Å². The van der Waals surface area contributed by atoms with Crippen molar-refractivity contribution in [2.75, 3.05) is 6.61 Å². The quantitative estimate of drug-likeness (QED) is 0.730. The van der Waals surface area contributed by atoms with Gasteiger partial charge >= 0.3 is 0 Å². The van der Waals surface area contributed by atoms with Crippen LogP contribution in [0.3, 0.4) is 0 Å². The molecule has 0 amide bonds. The van der Waals surface area contributed by atoms with E-state index in [9.17, 15) is 4.39 Å². The van der Waals surface area contributed by atoms with E-state index in [4.69, 9.17) is 5.11 Å². The number of aliphatic hydroxyl groups is 1. The van der Waals surface area contributed by atoms with Gasteiger partial charge in [-0.25, -0.2) is 4.39 Å². The summed E-state index contributed by atoms with van der Waals surface area (Å²) in [5, 5.41) is 8.46. The van der Waals surface area contributed by atoms with Crippen LogP contribution in [0, 0.1) is 12.7 Å². The molecule has 74 valence electrons. The molecule has 0 heterocycles. The van der Waals surface area contributed by atoms with Crippen molar-refractivity contribution < 1.29 is 9.50 Å². The van der Waals surface area contributed by atoms with E-state index in [1.807, 2.05) is 13.0 Å². The Balaban J connectivity index is 2.77. The largest absolute Gasteiger partial charge is 0.392 e. The van der Waals surface area contributed by atoms with Crippen LogP contribution in [-0.2, 0) is 0 Å². The SMILES string of the molecule is Cc1ccc(/C=C/C=C/CO)c(F)c1. The number of aliphatic hydroxyl groups excluding tert-OH is 1. The second kappa shape index (κ2) is 5.35. The second-order valence-electron chi connectivity index (χ2n) is 2.99. The Morgan fingerprint density at radius 3 is 2.79 bits per heavy atom. The molecule has 0 unspecified atom stereocenters. The molecule has 0 spiro atoms. The molecule has 0 fully saturated rings. The summed E-state index contributed by atoms with van der Waals surface area (Å²) >= 11 is 0. The second-order valence-corrected chi connectivity index (χ2v) is 2.99. The molecule has 0 saturated heterocycles. The highest BCUT2D eigenvalue weighted by Crippen LogP contribution is 2.11. The third-order valence-corrected chi connectivity index (χ3v) is 1.78. The number of allylic oxidation sites excluding steroid dienone is 2. The maximum Gasteiger partial charge on any atom is 0.130 e. The molecular formula is C12H13FO. The molecule has 1 rings (SSSR count). The Morgan fingerprint density at radius 2 is 2.14 bits per heavy atom. The first-order chi connectivity index (χ1) is 6.74. The van der Waals surface area contributed by atoms with Crippen molar-refractivity contribution >= 4 is 6.08 Å². The van der Waals surface area contributed by atoms with Crippen molar-refractivity contribution in [1.82, 2.24) is 0 Å². The van der Waals surface area contributed by atoms with Crippen LogP contribution in [0.2, 0.25) is 0 Å². The van der Waals surface area contributed by atoms with E-state index in [1.54, 1.807) is 30.4 Å². The fourth-order valence-corrected chi connectivity index (χ4v) is 1.07. The molecule has 1 nitrogen and oxygen atoms in total. The molecule has 0 radical (unpaired) electrons. The summed E-state index contributed by atoms with van der Waals surface area (Å²) in [5.74, 6) is -0.223. The average molecular weight is 192 g/mol. The topological polar surface area (TPSA) is 20.2 Å². The molecular weight excluding hydrogens is 179 g/mol. The minimum Gasteiger partial charge on any atom is -0.392 e. The van der Waals surface area contributed by atoms with Gasteiger partial charge in [0, 0.05) is 5.56 Å². The van der Waals surface area contributed by atoms with Crippen molar-refractivity contribution in [2.45, 2.75) is 6.92 Å². The lowest BCUT2D eigenvalue weighted by Crippen LogP contribution is -1.82. The summed E-state index contributed by atoms with van der Waals surface area (Å²) in [6.07, 6.45) is 6.63. The molecule has 0 aliphatic heterocycles. The van der Waals surface area contributed by atoms with E-state index in [1.165, 1.54) is 6.07 Å². The predicted molar refractivity (Wildman–Crippen MR) is 56.4 cm³/mol. The van der Waals surface area contributed by atoms with E-state index in [0.717, 1.165) is 5.56 Å². The number of rotatable bonds is 3. The summed E-state index contributed by atoms with van der Waals surface area (Å²) in [5.41, 5.74) is 1.46. The molecule has 0 aliphatic carbocycles. The van der Waals surface area contributed by atoms with Gasteiger partial charge in [-0.2, -0.15) is 0 Å². The molecule has 0 saturated carbocycles. The highest BCUT2D eigenvalue weighted by molar-refractivity contribution is 5.52.